The van der Waals surface area contributed by atoms with E-state index in [0.717, 1.165) is 23.0 Å². The predicted octanol–water partition coefficient (Wildman–Crippen LogP) is 4.19. The van der Waals surface area contributed by atoms with Crippen molar-refractivity contribution in [2.75, 3.05) is 31.6 Å². The van der Waals surface area contributed by atoms with Gasteiger partial charge in [-0.05, 0) is 59.1 Å². The lowest BCUT2D eigenvalue weighted by Gasteiger charge is -2.30. The molecule has 1 unspecified atom stereocenters. The summed E-state index contributed by atoms with van der Waals surface area (Å²) in [6.45, 7) is 2.05. The zero-order valence-electron chi connectivity index (χ0n) is 14.8. The molecule has 2 aromatic rings. The second-order valence-electron chi connectivity index (χ2n) is 6.44. The number of anilines is 1. The summed E-state index contributed by atoms with van der Waals surface area (Å²) >= 11 is 9.35. The molecule has 0 spiro atoms. The third kappa shape index (κ3) is 5.37. The van der Waals surface area contributed by atoms with Gasteiger partial charge in [0.1, 0.15) is 12.4 Å². The topological polar surface area (TPSA) is 61.8 Å². The van der Waals surface area contributed by atoms with Crippen LogP contribution in [0.4, 0.5) is 5.69 Å². The maximum atomic E-state index is 12.8. The first kappa shape index (κ1) is 20.0. The zero-order valence-corrected chi connectivity index (χ0v) is 17.2. The van der Waals surface area contributed by atoms with Crippen LogP contribution in [-0.2, 0) is 0 Å². The van der Waals surface area contributed by atoms with Crippen LogP contribution in [-0.4, -0.2) is 48.3 Å². The minimum Gasteiger partial charge on any atom is -0.491 e. The number of carbonyl (C=O) groups excluding carboxylic acids is 1. The number of nitrogens with one attached hydrogen (secondary N) is 1. The van der Waals surface area contributed by atoms with E-state index in [1.807, 2.05) is 30.3 Å². The van der Waals surface area contributed by atoms with E-state index in [-0.39, 0.29) is 5.91 Å². The standard InChI is InChI=1S/C20H22BrClN2O3/c21-17-12-14(22)7-8-19(17)27-11-9-23-18-6-2-1-5-16(18)20(26)24-10-3-4-15(25)13-24/h1-2,5-8,12,15,23,25H,3-4,9-11,13H2. The van der Waals surface area contributed by atoms with E-state index in [4.69, 9.17) is 16.3 Å². The summed E-state index contributed by atoms with van der Waals surface area (Å²) in [7, 11) is 0. The predicted molar refractivity (Wildman–Crippen MR) is 111 cm³/mol. The Balaban J connectivity index is 1.58. The highest BCUT2D eigenvalue weighted by molar-refractivity contribution is 9.10. The van der Waals surface area contributed by atoms with Crippen LogP contribution in [0.1, 0.15) is 23.2 Å². The molecular weight excluding hydrogens is 432 g/mol. The number of para-hydroxylation sites is 1. The fourth-order valence-corrected chi connectivity index (χ4v) is 3.87. The van der Waals surface area contributed by atoms with E-state index in [1.54, 1.807) is 17.0 Å². The molecule has 1 aliphatic heterocycles. The first-order valence-electron chi connectivity index (χ1n) is 8.92. The third-order valence-electron chi connectivity index (χ3n) is 4.41. The normalized spacial score (nSPS) is 16.9. The van der Waals surface area contributed by atoms with Crippen molar-refractivity contribution in [1.29, 1.82) is 0 Å². The number of amides is 1. The molecule has 0 aromatic heterocycles. The van der Waals surface area contributed by atoms with Gasteiger partial charge in [-0.1, -0.05) is 23.7 Å². The zero-order chi connectivity index (χ0) is 19.2. The van der Waals surface area contributed by atoms with Crippen LogP contribution in [0.2, 0.25) is 5.02 Å². The van der Waals surface area contributed by atoms with Gasteiger partial charge in [0, 0.05) is 30.3 Å². The Kier molecular flexibility index (Phi) is 6.99. The number of rotatable bonds is 6. The highest BCUT2D eigenvalue weighted by atomic mass is 79.9. The number of aliphatic hydroxyl groups excluding tert-OH is 1. The molecule has 144 valence electrons. The minimum atomic E-state index is -0.436. The molecule has 0 radical (unpaired) electrons. The van der Waals surface area contributed by atoms with Gasteiger partial charge in [0.15, 0.2) is 0 Å². The number of aliphatic hydroxyl groups is 1. The summed E-state index contributed by atoms with van der Waals surface area (Å²) in [5.74, 6) is 0.658. The number of likely N-dealkylation sites (tertiary alicyclic amines) is 1. The quantitative estimate of drug-likeness (QED) is 0.644. The lowest BCUT2D eigenvalue weighted by Crippen LogP contribution is -2.42. The number of hydrogen-bond donors (Lipinski definition) is 2. The summed E-state index contributed by atoms with van der Waals surface area (Å²) in [4.78, 5) is 14.5. The maximum absolute atomic E-state index is 12.8. The first-order valence-corrected chi connectivity index (χ1v) is 10.1. The molecule has 5 nitrogen and oxygen atoms in total. The van der Waals surface area contributed by atoms with Crippen LogP contribution in [0.3, 0.4) is 0 Å². The highest BCUT2D eigenvalue weighted by Gasteiger charge is 2.24. The van der Waals surface area contributed by atoms with Crippen molar-refractivity contribution < 1.29 is 14.6 Å². The van der Waals surface area contributed by atoms with Gasteiger partial charge >= 0.3 is 0 Å². The van der Waals surface area contributed by atoms with Crippen LogP contribution < -0.4 is 10.1 Å². The molecule has 1 aliphatic rings. The fraction of sp³-hybridized carbons (Fsp3) is 0.350. The summed E-state index contributed by atoms with van der Waals surface area (Å²) in [6.07, 6.45) is 1.14. The first-order chi connectivity index (χ1) is 13.0. The van der Waals surface area contributed by atoms with Crippen molar-refractivity contribution in [2.45, 2.75) is 18.9 Å². The average molecular weight is 454 g/mol. The smallest absolute Gasteiger partial charge is 0.256 e. The Morgan fingerprint density at radius 3 is 2.93 bits per heavy atom. The van der Waals surface area contributed by atoms with Gasteiger partial charge in [-0.2, -0.15) is 0 Å². The molecule has 27 heavy (non-hydrogen) atoms. The molecule has 1 fully saturated rings. The minimum absolute atomic E-state index is 0.0572. The summed E-state index contributed by atoms with van der Waals surface area (Å²) in [5, 5.41) is 13.7. The Morgan fingerprint density at radius 2 is 2.15 bits per heavy atom. The van der Waals surface area contributed by atoms with Gasteiger partial charge in [-0.3, -0.25) is 4.79 Å². The SMILES string of the molecule is O=C(c1ccccc1NCCOc1ccc(Cl)cc1Br)N1CCCC(O)C1. The second-order valence-corrected chi connectivity index (χ2v) is 7.73. The van der Waals surface area contributed by atoms with Crippen molar-refractivity contribution in [3.05, 3.63) is 57.5 Å². The molecule has 1 saturated heterocycles. The molecule has 1 amide bonds. The molecule has 2 N–H and O–H groups in total. The van der Waals surface area contributed by atoms with E-state index in [0.29, 0.717) is 42.6 Å². The molecule has 1 heterocycles. The fourth-order valence-electron chi connectivity index (χ4n) is 3.07. The highest BCUT2D eigenvalue weighted by Crippen LogP contribution is 2.28. The van der Waals surface area contributed by atoms with Crippen LogP contribution >= 0.6 is 27.5 Å². The molecule has 0 bridgehead atoms. The van der Waals surface area contributed by atoms with Gasteiger partial charge in [0.2, 0.25) is 0 Å². The van der Waals surface area contributed by atoms with E-state index < -0.39 is 6.10 Å². The number of ether oxygens (including phenoxy) is 1. The monoisotopic (exact) mass is 452 g/mol. The molecular formula is C20H22BrClN2O3. The maximum Gasteiger partial charge on any atom is 0.256 e. The number of carbonyl (C=O) groups is 1. The largest absolute Gasteiger partial charge is 0.491 e. The molecule has 1 atom stereocenters. The lowest BCUT2D eigenvalue weighted by molar-refractivity contribution is 0.0474. The van der Waals surface area contributed by atoms with Crippen LogP contribution in [0.15, 0.2) is 46.9 Å². The van der Waals surface area contributed by atoms with Gasteiger partial charge in [0.05, 0.1) is 16.1 Å². The van der Waals surface area contributed by atoms with Crippen LogP contribution in [0.5, 0.6) is 5.75 Å². The number of β-amino-alcohol motifs (C(OH)–C–C–N with tert-alkyl or cyclic N) is 1. The molecule has 2 aromatic carbocycles. The lowest BCUT2D eigenvalue weighted by atomic mass is 10.1. The Labute approximate surface area is 172 Å². The Bertz CT molecular complexity index is 803. The van der Waals surface area contributed by atoms with E-state index in [1.165, 1.54) is 0 Å². The second kappa shape index (κ2) is 9.44. The molecule has 0 aliphatic carbocycles. The number of benzene rings is 2. The van der Waals surface area contributed by atoms with Crippen molar-refractivity contribution in [1.82, 2.24) is 4.90 Å². The van der Waals surface area contributed by atoms with E-state index >= 15 is 0 Å². The van der Waals surface area contributed by atoms with E-state index in [9.17, 15) is 9.90 Å². The van der Waals surface area contributed by atoms with Gasteiger partial charge in [0.25, 0.3) is 5.91 Å². The summed E-state index contributed by atoms with van der Waals surface area (Å²) in [6, 6.07) is 12.8. The average Bonchev–Trinajstić information content (AvgIpc) is 2.66. The van der Waals surface area contributed by atoms with Crippen molar-refractivity contribution >= 4 is 39.1 Å². The van der Waals surface area contributed by atoms with Crippen molar-refractivity contribution in [3.63, 3.8) is 0 Å². The van der Waals surface area contributed by atoms with Crippen molar-refractivity contribution in [3.8, 4) is 5.75 Å². The summed E-state index contributed by atoms with van der Waals surface area (Å²) < 4.78 is 6.55. The molecule has 7 heteroatoms. The van der Waals surface area contributed by atoms with Crippen molar-refractivity contribution in [2.24, 2.45) is 0 Å². The third-order valence-corrected chi connectivity index (χ3v) is 5.27. The number of hydrogen-bond acceptors (Lipinski definition) is 4. The number of halogens is 2. The van der Waals surface area contributed by atoms with Gasteiger partial charge in [-0.15, -0.1) is 0 Å². The van der Waals surface area contributed by atoms with E-state index in [2.05, 4.69) is 21.2 Å². The molecule has 3 rings (SSSR count). The van der Waals surface area contributed by atoms with Crippen LogP contribution in [0.25, 0.3) is 0 Å². The number of nitrogens with zero attached hydrogens (tertiary/aromatic N) is 1. The van der Waals surface area contributed by atoms with Gasteiger partial charge in [-0.25, -0.2) is 0 Å². The molecule has 0 saturated carbocycles. The Hall–Kier alpha value is -1.76. The van der Waals surface area contributed by atoms with Crippen LogP contribution in [0, 0.1) is 0 Å². The Morgan fingerprint density at radius 1 is 1.33 bits per heavy atom. The summed E-state index contributed by atoms with van der Waals surface area (Å²) in [5.41, 5.74) is 1.38. The van der Waals surface area contributed by atoms with Gasteiger partial charge < -0.3 is 20.1 Å². The number of piperidine rings is 1.